The van der Waals surface area contributed by atoms with Crippen molar-refractivity contribution in [2.45, 2.75) is 24.3 Å². The maximum Gasteiger partial charge on any atom is 0.252 e. The molecule has 1 heterocycles. The third-order valence-corrected chi connectivity index (χ3v) is 3.33. The monoisotopic (exact) mass is 249 g/mol. The van der Waals surface area contributed by atoms with E-state index in [9.17, 15) is 8.78 Å². The lowest BCUT2D eigenvalue weighted by Gasteiger charge is -2.43. The van der Waals surface area contributed by atoms with Crippen molar-refractivity contribution in [1.29, 1.82) is 0 Å². The van der Waals surface area contributed by atoms with Crippen LogP contribution >= 0.6 is 0 Å². The van der Waals surface area contributed by atoms with Crippen LogP contribution in [0.25, 0.3) is 5.69 Å². The number of hydrogen-bond donors (Lipinski definition) is 1. The Morgan fingerprint density at radius 2 is 1.83 bits per heavy atom. The minimum Gasteiger partial charge on any atom is -0.321 e. The molecule has 0 amide bonds. The van der Waals surface area contributed by atoms with Crippen LogP contribution in [0.5, 0.6) is 0 Å². The van der Waals surface area contributed by atoms with Crippen molar-refractivity contribution in [1.82, 2.24) is 9.78 Å². The molecule has 1 aliphatic rings. The van der Waals surface area contributed by atoms with Crippen LogP contribution in [0.2, 0.25) is 0 Å². The number of alkyl halides is 2. The average Bonchev–Trinajstić information content (AvgIpc) is 2.77. The number of benzene rings is 1. The summed E-state index contributed by atoms with van der Waals surface area (Å²) in [6.45, 7) is 0. The number of aromatic nitrogens is 2. The first-order chi connectivity index (χ1) is 8.49. The minimum atomic E-state index is -2.64. The zero-order chi connectivity index (χ0) is 12.8. The van der Waals surface area contributed by atoms with Crippen LogP contribution in [0.15, 0.2) is 42.7 Å². The Morgan fingerprint density at radius 1 is 1.17 bits per heavy atom. The Labute approximate surface area is 103 Å². The highest BCUT2D eigenvalue weighted by Crippen LogP contribution is 2.49. The van der Waals surface area contributed by atoms with Gasteiger partial charge in [-0.3, -0.25) is 0 Å². The van der Waals surface area contributed by atoms with Crippen molar-refractivity contribution in [2.75, 3.05) is 0 Å². The average molecular weight is 249 g/mol. The van der Waals surface area contributed by atoms with E-state index in [4.69, 9.17) is 5.73 Å². The maximum absolute atomic E-state index is 12.9. The van der Waals surface area contributed by atoms with Gasteiger partial charge in [-0.15, -0.1) is 0 Å². The van der Waals surface area contributed by atoms with Crippen LogP contribution in [0.3, 0.4) is 0 Å². The van der Waals surface area contributed by atoms with Gasteiger partial charge in [0.15, 0.2) is 0 Å². The van der Waals surface area contributed by atoms with E-state index >= 15 is 0 Å². The van der Waals surface area contributed by atoms with E-state index in [-0.39, 0.29) is 12.8 Å². The molecule has 0 bridgehead atoms. The summed E-state index contributed by atoms with van der Waals surface area (Å²) >= 11 is 0. The fourth-order valence-electron chi connectivity index (χ4n) is 2.38. The molecule has 0 unspecified atom stereocenters. The molecule has 5 heteroatoms. The summed E-state index contributed by atoms with van der Waals surface area (Å²) < 4.78 is 27.5. The summed E-state index contributed by atoms with van der Waals surface area (Å²) in [4.78, 5) is 0. The van der Waals surface area contributed by atoms with Gasteiger partial charge in [-0.1, -0.05) is 18.2 Å². The second-order valence-corrected chi connectivity index (χ2v) is 4.87. The molecule has 18 heavy (non-hydrogen) atoms. The van der Waals surface area contributed by atoms with Crippen LogP contribution in [-0.2, 0) is 5.54 Å². The number of nitrogens with zero attached hydrogens (tertiary/aromatic N) is 2. The summed E-state index contributed by atoms with van der Waals surface area (Å²) in [7, 11) is 0. The summed E-state index contributed by atoms with van der Waals surface area (Å²) in [5, 5.41) is 4.17. The van der Waals surface area contributed by atoms with Gasteiger partial charge in [-0.05, 0) is 12.1 Å². The number of rotatable bonds is 2. The van der Waals surface area contributed by atoms with E-state index in [0.717, 1.165) is 5.69 Å². The Balaban J connectivity index is 1.87. The molecule has 1 aliphatic carbocycles. The van der Waals surface area contributed by atoms with Gasteiger partial charge in [0, 0.05) is 24.6 Å². The van der Waals surface area contributed by atoms with Crippen molar-refractivity contribution in [3.05, 3.63) is 48.3 Å². The highest BCUT2D eigenvalue weighted by Gasteiger charge is 2.55. The number of halogens is 2. The van der Waals surface area contributed by atoms with Gasteiger partial charge < -0.3 is 5.73 Å². The molecule has 2 N–H and O–H groups in total. The van der Waals surface area contributed by atoms with E-state index in [1.54, 1.807) is 17.1 Å². The highest BCUT2D eigenvalue weighted by atomic mass is 19.3. The quantitative estimate of drug-likeness (QED) is 0.888. The van der Waals surface area contributed by atoms with Crippen LogP contribution in [0, 0.1) is 0 Å². The minimum absolute atomic E-state index is 0.305. The predicted octanol–water partition coefficient (Wildman–Crippen LogP) is 2.46. The molecule has 0 saturated heterocycles. The highest BCUT2D eigenvalue weighted by molar-refractivity contribution is 5.33. The SMILES string of the molecule is NC1(c2cnn(-c3ccccc3)c2)CC(F)(F)C1. The fourth-order valence-corrected chi connectivity index (χ4v) is 2.38. The molecule has 0 aliphatic heterocycles. The van der Waals surface area contributed by atoms with Crippen molar-refractivity contribution < 1.29 is 8.78 Å². The molecule has 0 radical (unpaired) electrons. The maximum atomic E-state index is 12.9. The Kier molecular flexibility index (Phi) is 2.28. The molecule has 1 aromatic carbocycles. The van der Waals surface area contributed by atoms with E-state index in [1.165, 1.54) is 0 Å². The third kappa shape index (κ3) is 1.80. The van der Waals surface area contributed by atoms with E-state index in [0.29, 0.717) is 5.56 Å². The van der Waals surface area contributed by atoms with Crippen LogP contribution in [0.1, 0.15) is 18.4 Å². The van der Waals surface area contributed by atoms with Gasteiger partial charge in [0.1, 0.15) is 0 Å². The van der Waals surface area contributed by atoms with Crippen molar-refractivity contribution in [2.24, 2.45) is 5.73 Å². The molecule has 94 valence electrons. The van der Waals surface area contributed by atoms with E-state index in [1.807, 2.05) is 30.3 Å². The zero-order valence-corrected chi connectivity index (χ0v) is 9.68. The molecule has 1 fully saturated rings. The molecular weight excluding hydrogens is 236 g/mol. The fraction of sp³-hybridized carbons (Fsp3) is 0.308. The molecule has 1 aromatic heterocycles. The first-order valence-electron chi connectivity index (χ1n) is 5.76. The van der Waals surface area contributed by atoms with E-state index in [2.05, 4.69) is 5.10 Å². The van der Waals surface area contributed by atoms with Gasteiger partial charge in [0.25, 0.3) is 5.92 Å². The van der Waals surface area contributed by atoms with Crippen molar-refractivity contribution in [3.8, 4) is 5.69 Å². The number of para-hydroxylation sites is 1. The molecule has 1 saturated carbocycles. The first-order valence-corrected chi connectivity index (χ1v) is 5.76. The van der Waals surface area contributed by atoms with Crippen LogP contribution in [0.4, 0.5) is 8.78 Å². The summed E-state index contributed by atoms with van der Waals surface area (Å²) in [5.41, 5.74) is 6.58. The third-order valence-electron chi connectivity index (χ3n) is 3.33. The van der Waals surface area contributed by atoms with Crippen LogP contribution < -0.4 is 5.73 Å². The lowest BCUT2D eigenvalue weighted by molar-refractivity contribution is -0.125. The van der Waals surface area contributed by atoms with E-state index < -0.39 is 11.5 Å². The smallest absolute Gasteiger partial charge is 0.252 e. The lowest BCUT2D eigenvalue weighted by atomic mass is 9.71. The molecule has 3 rings (SSSR count). The zero-order valence-electron chi connectivity index (χ0n) is 9.68. The number of hydrogen-bond acceptors (Lipinski definition) is 2. The normalized spacial score (nSPS) is 20.4. The second-order valence-electron chi connectivity index (χ2n) is 4.87. The van der Waals surface area contributed by atoms with Gasteiger partial charge >= 0.3 is 0 Å². The summed E-state index contributed by atoms with van der Waals surface area (Å²) in [6, 6.07) is 9.49. The van der Waals surface area contributed by atoms with Gasteiger partial charge in [-0.2, -0.15) is 5.10 Å². The molecule has 0 atom stereocenters. The Bertz CT molecular complexity index is 555. The molecule has 3 nitrogen and oxygen atoms in total. The summed E-state index contributed by atoms with van der Waals surface area (Å²) in [6.07, 6.45) is 2.69. The second kappa shape index (κ2) is 3.62. The van der Waals surface area contributed by atoms with Gasteiger partial charge in [0.05, 0.1) is 17.4 Å². The van der Waals surface area contributed by atoms with Gasteiger partial charge in [0.2, 0.25) is 0 Å². The molecule has 2 aromatic rings. The predicted molar refractivity (Wildman–Crippen MR) is 63.6 cm³/mol. The van der Waals surface area contributed by atoms with Crippen LogP contribution in [-0.4, -0.2) is 15.7 Å². The topological polar surface area (TPSA) is 43.8 Å². The lowest BCUT2D eigenvalue weighted by Crippen LogP contribution is -2.55. The Morgan fingerprint density at radius 3 is 2.44 bits per heavy atom. The van der Waals surface area contributed by atoms with Crippen molar-refractivity contribution >= 4 is 0 Å². The molecular formula is C13H13F2N3. The number of nitrogens with two attached hydrogens (primary N) is 1. The van der Waals surface area contributed by atoms with Crippen molar-refractivity contribution in [3.63, 3.8) is 0 Å². The summed E-state index contributed by atoms with van der Waals surface area (Å²) in [5.74, 6) is -2.64. The van der Waals surface area contributed by atoms with Gasteiger partial charge in [-0.25, -0.2) is 13.5 Å². The largest absolute Gasteiger partial charge is 0.321 e. The Hall–Kier alpha value is -1.75. The standard InChI is InChI=1S/C13H13F2N3/c14-13(15)8-12(16,9-13)10-6-17-18(7-10)11-4-2-1-3-5-11/h1-7H,8-9,16H2. The first kappa shape index (κ1) is 11.3. The molecule has 0 spiro atoms.